The summed E-state index contributed by atoms with van der Waals surface area (Å²) in [7, 11) is 1.51. The number of hydrogen-bond donors (Lipinski definition) is 1. The molecule has 0 aromatic heterocycles. The van der Waals surface area contributed by atoms with E-state index in [1.807, 2.05) is 0 Å². The molecule has 24 heavy (non-hydrogen) atoms. The fourth-order valence-electron chi connectivity index (χ4n) is 2.61. The van der Waals surface area contributed by atoms with Crippen molar-refractivity contribution in [1.29, 1.82) is 0 Å². The number of ether oxygens (including phenoxy) is 1. The van der Waals surface area contributed by atoms with Gasteiger partial charge in [-0.2, -0.15) is 0 Å². The maximum Gasteiger partial charge on any atom is 0.262 e. The number of aryl methyl sites for hydroxylation is 1. The summed E-state index contributed by atoms with van der Waals surface area (Å²) in [5.74, 6) is -0.695. The van der Waals surface area contributed by atoms with Crippen molar-refractivity contribution in [3.8, 4) is 5.75 Å². The molecule has 2 aromatic rings. The van der Waals surface area contributed by atoms with Crippen molar-refractivity contribution in [3.05, 3.63) is 59.4 Å². The van der Waals surface area contributed by atoms with Gasteiger partial charge in [0, 0.05) is 12.6 Å². The van der Waals surface area contributed by atoms with Crippen molar-refractivity contribution >= 4 is 17.5 Å². The van der Waals surface area contributed by atoms with Crippen LogP contribution in [0.4, 0.5) is 10.1 Å². The molecule has 0 aliphatic carbocycles. The Balaban J connectivity index is 1.99. The average molecular weight is 328 g/mol. The summed E-state index contributed by atoms with van der Waals surface area (Å²) in [6, 6.07) is 11.3. The molecular formula is C18H17FN2O3. The van der Waals surface area contributed by atoms with Gasteiger partial charge in [-0.3, -0.25) is 9.59 Å². The highest BCUT2D eigenvalue weighted by Crippen LogP contribution is 2.34. The Morgan fingerprint density at radius 1 is 1.25 bits per heavy atom. The van der Waals surface area contributed by atoms with Crippen LogP contribution in [0, 0.1) is 12.7 Å². The van der Waals surface area contributed by atoms with Crippen molar-refractivity contribution in [1.82, 2.24) is 5.32 Å². The number of para-hydroxylation sites is 2. The van der Waals surface area contributed by atoms with Crippen LogP contribution in [0.15, 0.2) is 42.5 Å². The largest absolute Gasteiger partial charge is 0.477 e. The first kappa shape index (κ1) is 16.0. The predicted octanol–water partition coefficient (Wildman–Crippen LogP) is 2.29. The van der Waals surface area contributed by atoms with E-state index in [1.165, 1.54) is 18.0 Å². The summed E-state index contributed by atoms with van der Waals surface area (Å²) in [5.41, 5.74) is 1.26. The molecule has 0 bridgehead atoms. The number of hydrogen-bond acceptors (Lipinski definition) is 3. The van der Waals surface area contributed by atoms with E-state index in [2.05, 4.69) is 5.32 Å². The molecule has 1 unspecified atom stereocenters. The van der Waals surface area contributed by atoms with E-state index in [0.717, 1.165) is 0 Å². The molecule has 1 heterocycles. The van der Waals surface area contributed by atoms with E-state index < -0.39 is 11.9 Å². The van der Waals surface area contributed by atoms with Crippen LogP contribution in [0.3, 0.4) is 0 Å². The van der Waals surface area contributed by atoms with Gasteiger partial charge >= 0.3 is 0 Å². The molecule has 0 fully saturated rings. The SMILES string of the molecule is CNC(=O)C1CN(C(=O)c2ccc(C)c(F)c2)c2ccccc2O1. The van der Waals surface area contributed by atoms with Gasteiger partial charge in [0.2, 0.25) is 0 Å². The fraction of sp³-hybridized carbons (Fsp3) is 0.222. The lowest BCUT2D eigenvalue weighted by atomic mass is 10.1. The molecule has 1 aliphatic rings. The Labute approximate surface area is 139 Å². The molecule has 0 spiro atoms. The summed E-state index contributed by atoms with van der Waals surface area (Å²) < 4.78 is 19.5. The second-order valence-corrected chi connectivity index (χ2v) is 5.57. The Morgan fingerprint density at radius 2 is 2.00 bits per heavy atom. The van der Waals surface area contributed by atoms with Crippen LogP contribution in [0.25, 0.3) is 0 Å². The van der Waals surface area contributed by atoms with Crippen LogP contribution in [-0.2, 0) is 4.79 Å². The van der Waals surface area contributed by atoms with Crippen molar-refractivity contribution in [3.63, 3.8) is 0 Å². The number of carbonyl (C=O) groups excluding carboxylic acids is 2. The molecule has 2 aromatic carbocycles. The van der Waals surface area contributed by atoms with Gasteiger partial charge < -0.3 is 15.0 Å². The van der Waals surface area contributed by atoms with Crippen molar-refractivity contribution in [2.45, 2.75) is 13.0 Å². The first-order valence-corrected chi connectivity index (χ1v) is 7.56. The second-order valence-electron chi connectivity index (χ2n) is 5.57. The second kappa shape index (κ2) is 6.31. The fourth-order valence-corrected chi connectivity index (χ4v) is 2.61. The Kier molecular flexibility index (Phi) is 4.20. The summed E-state index contributed by atoms with van der Waals surface area (Å²) in [4.78, 5) is 26.2. The number of anilines is 1. The Bertz CT molecular complexity index is 807. The van der Waals surface area contributed by atoms with Crippen LogP contribution >= 0.6 is 0 Å². The molecule has 0 radical (unpaired) electrons. The number of likely N-dealkylation sites (N-methyl/N-ethyl adjacent to an activating group) is 1. The van der Waals surface area contributed by atoms with Gasteiger partial charge in [0.25, 0.3) is 11.8 Å². The number of amides is 2. The van der Waals surface area contributed by atoms with Crippen LogP contribution in [0.1, 0.15) is 15.9 Å². The van der Waals surface area contributed by atoms with Crippen LogP contribution < -0.4 is 15.0 Å². The number of fused-ring (bicyclic) bond motifs is 1. The molecule has 5 nitrogen and oxygen atoms in total. The van der Waals surface area contributed by atoms with E-state index in [9.17, 15) is 14.0 Å². The van der Waals surface area contributed by atoms with Gasteiger partial charge in [-0.1, -0.05) is 18.2 Å². The zero-order valence-corrected chi connectivity index (χ0v) is 13.4. The highest BCUT2D eigenvalue weighted by atomic mass is 19.1. The summed E-state index contributed by atoms with van der Waals surface area (Å²) in [6.45, 7) is 1.69. The van der Waals surface area contributed by atoms with Gasteiger partial charge in [0.05, 0.1) is 12.2 Å². The third-order valence-electron chi connectivity index (χ3n) is 3.98. The number of nitrogens with one attached hydrogen (secondary N) is 1. The lowest BCUT2D eigenvalue weighted by molar-refractivity contribution is -0.127. The Morgan fingerprint density at radius 3 is 2.71 bits per heavy atom. The van der Waals surface area contributed by atoms with Gasteiger partial charge in [0.1, 0.15) is 11.6 Å². The summed E-state index contributed by atoms with van der Waals surface area (Å²) >= 11 is 0. The highest BCUT2D eigenvalue weighted by Gasteiger charge is 2.33. The summed E-state index contributed by atoms with van der Waals surface area (Å²) in [5, 5.41) is 2.52. The molecule has 1 atom stereocenters. The standard InChI is InChI=1S/C18H17FN2O3/c1-11-7-8-12(9-13(11)19)18(23)21-10-16(17(22)20-2)24-15-6-4-3-5-14(15)21/h3-9,16H,10H2,1-2H3,(H,20,22). The normalized spacial score (nSPS) is 16.1. The van der Waals surface area contributed by atoms with E-state index in [-0.39, 0.29) is 23.9 Å². The number of halogens is 1. The molecule has 6 heteroatoms. The minimum Gasteiger partial charge on any atom is -0.477 e. The molecule has 2 amide bonds. The minimum atomic E-state index is -0.816. The van der Waals surface area contributed by atoms with E-state index >= 15 is 0 Å². The predicted molar refractivity (Wildman–Crippen MR) is 87.7 cm³/mol. The van der Waals surface area contributed by atoms with Crippen molar-refractivity contribution in [2.75, 3.05) is 18.5 Å². The van der Waals surface area contributed by atoms with Gasteiger partial charge in [-0.25, -0.2) is 4.39 Å². The molecule has 3 rings (SSSR count). The molecule has 1 N–H and O–H groups in total. The van der Waals surface area contributed by atoms with Gasteiger partial charge in [-0.05, 0) is 36.8 Å². The monoisotopic (exact) mass is 328 g/mol. The summed E-state index contributed by atoms with van der Waals surface area (Å²) in [6.07, 6.45) is -0.816. The zero-order chi connectivity index (χ0) is 17.3. The van der Waals surface area contributed by atoms with Gasteiger partial charge in [-0.15, -0.1) is 0 Å². The topological polar surface area (TPSA) is 58.6 Å². The molecule has 0 saturated heterocycles. The van der Waals surface area contributed by atoms with E-state index in [0.29, 0.717) is 17.0 Å². The van der Waals surface area contributed by atoms with Crippen LogP contribution in [0.2, 0.25) is 0 Å². The maximum atomic E-state index is 13.8. The molecule has 124 valence electrons. The third-order valence-corrected chi connectivity index (χ3v) is 3.98. The molecule has 0 saturated carbocycles. The zero-order valence-electron chi connectivity index (χ0n) is 13.4. The van der Waals surface area contributed by atoms with Crippen LogP contribution in [0.5, 0.6) is 5.75 Å². The smallest absolute Gasteiger partial charge is 0.262 e. The minimum absolute atomic E-state index is 0.0605. The quantitative estimate of drug-likeness (QED) is 0.920. The maximum absolute atomic E-state index is 13.8. The average Bonchev–Trinajstić information content (AvgIpc) is 2.61. The lowest BCUT2D eigenvalue weighted by Gasteiger charge is -2.34. The Hall–Kier alpha value is -2.89. The number of nitrogens with zero attached hydrogens (tertiary/aromatic N) is 1. The third kappa shape index (κ3) is 2.82. The van der Waals surface area contributed by atoms with E-state index in [1.54, 1.807) is 43.3 Å². The van der Waals surface area contributed by atoms with Crippen molar-refractivity contribution in [2.24, 2.45) is 0 Å². The number of benzene rings is 2. The van der Waals surface area contributed by atoms with Crippen molar-refractivity contribution < 1.29 is 18.7 Å². The van der Waals surface area contributed by atoms with Gasteiger partial charge in [0.15, 0.2) is 6.10 Å². The lowest BCUT2D eigenvalue weighted by Crippen LogP contribution is -2.50. The van der Waals surface area contributed by atoms with Crippen LogP contribution in [-0.4, -0.2) is 31.5 Å². The highest BCUT2D eigenvalue weighted by molar-refractivity contribution is 6.07. The number of rotatable bonds is 2. The molecule has 1 aliphatic heterocycles. The first-order valence-electron chi connectivity index (χ1n) is 7.56. The molecular weight excluding hydrogens is 311 g/mol. The van der Waals surface area contributed by atoms with E-state index in [4.69, 9.17) is 4.74 Å². The number of carbonyl (C=O) groups is 2. The first-order chi connectivity index (χ1) is 11.5.